The molecule has 7 nitrogen and oxygen atoms in total. The molecule has 2 atom stereocenters. The number of carbonyl (C=O) groups excluding carboxylic acids is 1. The highest BCUT2D eigenvalue weighted by atomic mass is 35.5. The molecule has 162 valence electrons. The van der Waals surface area contributed by atoms with Crippen molar-refractivity contribution in [3.63, 3.8) is 0 Å². The minimum atomic E-state index is 0.0722. The SMILES string of the molecule is CC(C)NC(=O)N1C2CCC1CN(Cc1c(-c3ccc(Cl)cc3)nc3ncccn13)C2. The third kappa shape index (κ3) is 3.88. The summed E-state index contributed by atoms with van der Waals surface area (Å²) in [5.74, 6) is 0.695. The standard InChI is InChI=1S/C23H27ClN6O/c1-15(2)26-23(31)30-18-8-9-19(30)13-28(12-18)14-20-21(16-4-6-17(24)7-5-16)27-22-25-10-3-11-29(20)22/h3-7,10-11,15,18-19H,8-9,12-14H2,1-2H3,(H,26,31). The zero-order valence-corrected chi connectivity index (χ0v) is 18.6. The van der Waals surface area contributed by atoms with Crippen LogP contribution in [0.2, 0.25) is 5.02 Å². The largest absolute Gasteiger partial charge is 0.336 e. The van der Waals surface area contributed by atoms with E-state index in [2.05, 4.69) is 24.5 Å². The molecule has 2 unspecified atom stereocenters. The number of hydrogen-bond acceptors (Lipinski definition) is 4. The summed E-state index contributed by atoms with van der Waals surface area (Å²) in [6.45, 7) is 6.52. The number of nitrogens with one attached hydrogen (secondary N) is 1. The summed E-state index contributed by atoms with van der Waals surface area (Å²) >= 11 is 6.10. The zero-order valence-electron chi connectivity index (χ0n) is 17.8. The third-order valence-electron chi connectivity index (χ3n) is 6.20. The second kappa shape index (κ2) is 8.13. The molecule has 2 fully saturated rings. The van der Waals surface area contributed by atoms with Gasteiger partial charge in [-0.25, -0.2) is 14.8 Å². The molecule has 8 heteroatoms. The molecule has 0 saturated carbocycles. The molecule has 0 spiro atoms. The molecule has 4 heterocycles. The van der Waals surface area contributed by atoms with Crippen molar-refractivity contribution in [2.75, 3.05) is 13.1 Å². The fraction of sp³-hybridized carbons (Fsp3) is 0.435. The lowest BCUT2D eigenvalue weighted by Gasteiger charge is -2.41. The molecule has 0 aliphatic carbocycles. The van der Waals surface area contributed by atoms with Crippen LogP contribution in [0.4, 0.5) is 4.79 Å². The summed E-state index contributed by atoms with van der Waals surface area (Å²) in [6.07, 6.45) is 5.91. The molecule has 5 rings (SSSR count). The number of carbonyl (C=O) groups is 1. The average Bonchev–Trinajstić information content (AvgIpc) is 3.23. The molecule has 2 bridgehead atoms. The van der Waals surface area contributed by atoms with E-state index >= 15 is 0 Å². The number of aromatic nitrogens is 3. The number of amides is 2. The van der Waals surface area contributed by atoms with Crippen LogP contribution >= 0.6 is 11.6 Å². The van der Waals surface area contributed by atoms with Gasteiger partial charge in [0.15, 0.2) is 0 Å². The maximum Gasteiger partial charge on any atom is 0.318 e. The van der Waals surface area contributed by atoms with Gasteiger partial charge < -0.3 is 10.2 Å². The first-order chi connectivity index (χ1) is 15.0. The van der Waals surface area contributed by atoms with Crippen LogP contribution in [-0.2, 0) is 6.54 Å². The third-order valence-corrected chi connectivity index (χ3v) is 6.45. The van der Waals surface area contributed by atoms with Crippen LogP contribution in [0.15, 0.2) is 42.7 Å². The Morgan fingerprint density at radius 3 is 2.58 bits per heavy atom. The number of rotatable bonds is 4. The highest BCUT2D eigenvalue weighted by molar-refractivity contribution is 6.30. The minimum Gasteiger partial charge on any atom is -0.336 e. The summed E-state index contributed by atoms with van der Waals surface area (Å²) < 4.78 is 2.07. The van der Waals surface area contributed by atoms with Gasteiger partial charge in [-0.15, -0.1) is 0 Å². The lowest BCUT2D eigenvalue weighted by atomic mass is 10.1. The van der Waals surface area contributed by atoms with Crippen molar-refractivity contribution in [2.45, 2.75) is 51.4 Å². The van der Waals surface area contributed by atoms with E-state index in [0.29, 0.717) is 10.8 Å². The Balaban J connectivity index is 1.42. The van der Waals surface area contributed by atoms with Crippen molar-refractivity contribution in [2.24, 2.45) is 0 Å². The number of nitrogens with zero attached hydrogens (tertiary/aromatic N) is 5. The predicted octanol–water partition coefficient (Wildman–Crippen LogP) is 3.82. The van der Waals surface area contributed by atoms with E-state index in [1.807, 2.05) is 50.4 Å². The summed E-state index contributed by atoms with van der Waals surface area (Å²) in [4.78, 5) is 26.5. The Bertz CT molecular complexity index is 1080. The van der Waals surface area contributed by atoms with E-state index in [1.54, 1.807) is 6.20 Å². The average molecular weight is 439 g/mol. The van der Waals surface area contributed by atoms with Crippen molar-refractivity contribution in [3.8, 4) is 11.3 Å². The molecule has 2 saturated heterocycles. The first-order valence-electron chi connectivity index (χ1n) is 10.9. The van der Waals surface area contributed by atoms with Gasteiger partial charge in [0.25, 0.3) is 0 Å². The van der Waals surface area contributed by atoms with E-state index in [1.165, 1.54) is 0 Å². The normalized spacial score (nSPS) is 21.2. The van der Waals surface area contributed by atoms with E-state index in [4.69, 9.17) is 16.6 Å². The lowest BCUT2D eigenvalue weighted by Crippen LogP contribution is -2.58. The molecule has 2 aliphatic rings. The fourth-order valence-electron chi connectivity index (χ4n) is 4.91. The molecular formula is C23H27ClN6O. The molecular weight excluding hydrogens is 412 g/mol. The van der Waals surface area contributed by atoms with Gasteiger partial charge >= 0.3 is 6.03 Å². The van der Waals surface area contributed by atoms with Gasteiger partial charge in [-0.1, -0.05) is 23.7 Å². The fourth-order valence-corrected chi connectivity index (χ4v) is 5.04. The topological polar surface area (TPSA) is 65.8 Å². The van der Waals surface area contributed by atoms with Gasteiger partial charge in [0.05, 0.1) is 11.4 Å². The summed E-state index contributed by atoms with van der Waals surface area (Å²) in [5.41, 5.74) is 3.08. The van der Waals surface area contributed by atoms with Crippen molar-refractivity contribution >= 4 is 23.4 Å². The van der Waals surface area contributed by atoms with Crippen molar-refractivity contribution < 1.29 is 4.79 Å². The first kappa shape index (κ1) is 20.3. The predicted molar refractivity (Wildman–Crippen MR) is 121 cm³/mol. The van der Waals surface area contributed by atoms with Crippen LogP contribution in [0.25, 0.3) is 17.0 Å². The number of fused-ring (bicyclic) bond motifs is 3. The number of hydrogen-bond donors (Lipinski definition) is 1. The van der Waals surface area contributed by atoms with Crippen LogP contribution in [0.1, 0.15) is 32.4 Å². The number of benzene rings is 1. The minimum absolute atomic E-state index is 0.0722. The Hall–Kier alpha value is -2.64. The first-order valence-corrected chi connectivity index (χ1v) is 11.3. The van der Waals surface area contributed by atoms with E-state index < -0.39 is 0 Å². The van der Waals surface area contributed by atoms with Gasteiger partial charge in [0.1, 0.15) is 0 Å². The molecule has 1 aromatic carbocycles. The Labute approximate surface area is 187 Å². The second-order valence-electron chi connectivity index (χ2n) is 8.79. The quantitative estimate of drug-likeness (QED) is 0.672. The van der Waals surface area contributed by atoms with Gasteiger partial charge in [-0.05, 0) is 44.9 Å². The highest BCUT2D eigenvalue weighted by Gasteiger charge is 2.42. The van der Waals surface area contributed by atoms with Crippen molar-refractivity contribution in [1.82, 2.24) is 29.5 Å². The smallest absolute Gasteiger partial charge is 0.318 e. The van der Waals surface area contributed by atoms with E-state index in [0.717, 1.165) is 49.4 Å². The Morgan fingerprint density at radius 2 is 1.90 bits per heavy atom. The molecule has 2 amide bonds. The number of likely N-dealkylation sites (tertiary alicyclic amines) is 1. The molecule has 2 aliphatic heterocycles. The number of piperazine rings is 1. The van der Waals surface area contributed by atoms with Gasteiger partial charge in [0, 0.05) is 60.7 Å². The Kier molecular flexibility index (Phi) is 5.32. The molecule has 0 radical (unpaired) electrons. The van der Waals surface area contributed by atoms with Gasteiger partial charge in [-0.3, -0.25) is 9.30 Å². The van der Waals surface area contributed by atoms with Crippen LogP contribution in [-0.4, -0.2) is 61.4 Å². The van der Waals surface area contributed by atoms with Gasteiger partial charge in [-0.2, -0.15) is 0 Å². The van der Waals surface area contributed by atoms with E-state index in [-0.39, 0.29) is 24.2 Å². The summed E-state index contributed by atoms with van der Waals surface area (Å²) in [7, 11) is 0. The monoisotopic (exact) mass is 438 g/mol. The maximum atomic E-state index is 12.7. The van der Waals surface area contributed by atoms with Gasteiger partial charge in [0.2, 0.25) is 5.78 Å². The van der Waals surface area contributed by atoms with Crippen LogP contribution in [0.5, 0.6) is 0 Å². The highest BCUT2D eigenvalue weighted by Crippen LogP contribution is 2.33. The van der Waals surface area contributed by atoms with Crippen molar-refractivity contribution in [1.29, 1.82) is 0 Å². The lowest BCUT2D eigenvalue weighted by molar-refractivity contribution is 0.0824. The molecule has 1 N–H and O–H groups in total. The molecule has 3 aromatic rings. The molecule has 31 heavy (non-hydrogen) atoms. The molecule has 2 aromatic heterocycles. The maximum absolute atomic E-state index is 12.7. The second-order valence-corrected chi connectivity index (χ2v) is 9.23. The van der Waals surface area contributed by atoms with Crippen LogP contribution in [0.3, 0.4) is 0 Å². The van der Waals surface area contributed by atoms with Crippen LogP contribution in [0, 0.1) is 0 Å². The number of imidazole rings is 1. The number of urea groups is 1. The van der Waals surface area contributed by atoms with Crippen molar-refractivity contribution in [3.05, 3.63) is 53.4 Å². The number of halogens is 1. The van der Waals surface area contributed by atoms with E-state index in [9.17, 15) is 4.79 Å². The summed E-state index contributed by atoms with van der Waals surface area (Å²) in [6, 6.07) is 10.5. The summed E-state index contributed by atoms with van der Waals surface area (Å²) in [5, 5.41) is 3.78. The Morgan fingerprint density at radius 1 is 1.19 bits per heavy atom. The zero-order chi connectivity index (χ0) is 21.5. The van der Waals surface area contributed by atoms with Crippen LogP contribution < -0.4 is 5.32 Å².